The van der Waals surface area contributed by atoms with Gasteiger partial charge < -0.3 is 9.84 Å². The second-order valence-corrected chi connectivity index (χ2v) is 8.55. The maximum absolute atomic E-state index is 11.7. The number of ether oxygens (including phenoxy) is 1. The fourth-order valence-electron chi connectivity index (χ4n) is 3.94. The molecule has 30 heavy (non-hydrogen) atoms. The molecule has 0 aliphatic rings. The fraction of sp³-hybridized carbons (Fsp3) is 0.741. The average molecular weight is 419 g/mol. The quantitative estimate of drug-likeness (QED) is 0.175. The summed E-state index contributed by atoms with van der Waals surface area (Å²) in [5.74, 6) is -0.227. The minimum absolute atomic E-state index is 0.227. The van der Waals surface area contributed by atoms with E-state index in [9.17, 15) is 4.79 Å². The Bertz CT molecular complexity index is 509. The van der Waals surface area contributed by atoms with Gasteiger partial charge in [0.2, 0.25) is 0 Å². The van der Waals surface area contributed by atoms with Gasteiger partial charge in [-0.1, -0.05) is 102 Å². The molecule has 0 saturated heterocycles. The minimum atomic E-state index is -0.227. The zero-order valence-corrected chi connectivity index (χ0v) is 19.5. The van der Waals surface area contributed by atoms with E-state index < -0.39 is 0 Å². The lowest BCUT2D eigenvalue weighted by atomic mass is 10.0. The number of hydrogen-bond acceptors (Lipinski definition) is 3. The molecule has 1 aromatic rings. The van der Waals surface area contributed by atoms with Crippen molar-refractivity contribution in [3.05, 3.63) is 35.4 Å². The molecule has 0 aromatic heterocycles. The van der Waals surface area contributed by atoms with Gasteiger partial charge in [0.05, 0.1) is 12.2 Å². The lowest BCUT2D eigenvalue weighted by Gasteiger charge is -2.05. The molecule has 1 aromatic carbocycles. The molecule has 0 fully saturated rings. The smallest absolute Gasteiger partial charge is 0.338 e. The lowest BCUT2D eigenvalue weighted by molar-refractivity contribution is 0.0526. The molecule has 0 aliphatic heterocycles. The Morgan fingerprint density at radius 1 is 0.667 bits per heavy atom. The Hall–Kier alpha value is -1.35. The first kappa shape index (κ1) is 26.7. The highest BCUT2D eigenvalue weighted by molar-refractivity contribution is 5.89. The van der Waals surface area contributed by atoms with E-state index in [1.807, 2.05) is 19.1 Å². The van der Waals surface area contributed by atoms with E-state index >= 15 is 0 Å². The first-order valence-electron chi connectivity index (χ1n) is 12.6. The summed E-state index contributed by atoms with van der Waals surface area (Å²) >= 11 is 0. The van der Waals surface area contributed by atoms with E-state index in [1.54, 1.807) is 0 Å². The molecular formula is C27H46O3. The second kappa shape index (κ2) is 19.6. The van der Waals surface area contributed by atoms with Crippen molar-refractivity contribution in [3.63, 3.8) is 0 Å². The predicted octanol–water partition coefficient (Wildman–Crippen LogP) is 7.64. The lowest BCUT2D eigenvalue weighted by Crippen LogP contribution is -2.04. The van der Waals surface area contributed by atoms with Gasteiger partial charge in [0.1, 0.15) is 0 Å². The Morgan fingerprint density at radius 3 is 1.47 bits per heavy atom. The van der Waals surface area contributed by atoms with Crippen LogP contribution in [0.1, 0.15) is 126 Å². The van der Waals surface area contributed by atoms with Crippen molar-refractivity contribution in [2.75, 3.05) is 13.2 Å². The number of aryl methyl sites for hydroxylation is 1. The van der Waals surface area contributed by atoms with E-state index in [0.29, 0.717) is 18.8 Å². The summed E-state index contributed by atoms with van der Waals surface area (Å²) in [5.41, 5.74) is 1.96. The van der Waals surface area contributed by atoms with Crippen LogP contribution >= 0.6 is 0 Å². The van der Waals surface area contributed by atoms with E-state index in [2.05, 4.69) is 12.1 Å². The first-order valence-corrected chi connectivity index (χ1v) is 12.6. The summed E-state index contributed by atoms with van der Waals surface area (Å²) < 4.78 is 5.02. The molecular weight excluding hydrogens is 372 g/mol. The van der Waals surface area contributed by atoms with Gasteiger partial charge in [-0.2, -0.15) is 0 Å². The SMILES string of the molecule is CCOC(=O)c1ccc(CCCCCCCCCCCCCCCCCCO)cc1. The normalized spacial score (nSPS) is 11.0. The molecule has 0 heterocycles. The molecule has 0 unspecified atom stereocenters. The summed E-state index contributed by atoms with van der Waals surface area (Å²) in [6.45, 7) is 2.61. The van der Waals surface area contributed by atoms with E-state index in [1.165, 1.54) is 102 Å². The number of carbonyl (C=O) groups is 1. The van der Waals surface area contributed by atoms with Crippen LogP contribution in [0.3, 0.4) is 0 Å². The highest BCUT2D eigenvalue weighted by Crippen LogP contribution is 2.15. The molecule has 0 atom stereocenters. The van der Waals surface area contributed by atoms with Crippen LogP contribution in [0.2, 0.25) is 0 Å². The molecule has 0 amide bonds. The predicted molar refractivity (Wildman–Crippen MR) is 127 cm³/mol. The third-order valence-corrected chi connectivity index (χ3v) is 5.84. The maximum Gasteiger partial charge on any atom is 0.338 e. The van der Waals surface area contributed by atoms with Crippen molar-refractivity contribution < 1.29 is 14.6 Å². The van der Waals surface area contributed by atoms with Crippen molar-refractivity contribution >= 4 is 5.97 Å². The van der Waals surface area contributed by atoms with Crippen LogP contribution in [0.15, 0.2) is 24.3 Å². The molecule has 0 aliphatic carbocycles. The molecule has 172 valence electrons. The molecule has 3 heteroatoms. The summed E-state index contributed by atoms with van der Waals surface area (Å²) in [4.78, 5) is 11.7. The molecule has 0 saturated carbocycles. The van der Waals surface area contributed by atoms with Gasteiger partial charge in [-0.25, -0.2) is 4.79 Å². The zero-order valence-electron chi connectivity index (χ0n) is 19.5. The number of carbonyl (C=O) groups excluding carboxylic acids is 1. The van der Waals surface area contributed by atoms with E-state index in [0.717, 1.165) is 12.8 Å². The largest absolute Gasteiger partial charge is 0.462 e. The van der Waals surface area contributed by atoms with E-state index in [4.69, 9.17) is 9.84 Å². The highest BCUT2D eigenvalue weighted by Gasteiger charge is 2.05. The monoisotopic (exact) mass is 418 g/mol. The highest BCUT2D eigenvalue weighted by atomic mass is 16.5. The number of unbranched alkanes of at least 4 members (excludes halogenated alkanes) is 15. The van der Waals surface area contributed by atoms with Gasteiger partial charge in [-0.3, -0.25) is 0 Å². The second-order valence-electron chi connectivity index (χ2n) is 8.55. The topological polar surface area (TPSA) is 46.5 Å². The van der Waals surface area contributed by atoms with Gasteiger partial charge in [0, 0.05) is 6.61 Å². The maximum atomic E-state index is 11.7. The van der Waals surface area contributed by atoms with Crippen LogP contribution < -0.4 is 0 Å². The van der Waals surface area contributed by atoms with Gasteiger partial charge in [0.15, 0.2) is 0 Å². The molecule has 1 rings (SSSR count). The van der Waals surface area contributed by atoms with Gasteiger partial charge in [0.25, 0.3) is 0 Å². The number of aliphatic hydroxyl groups excluding tert-OH is 1. The number of aliphatic hydroxyl groups is 1. The Morgan fingerprint density at radius 2 is 1.07 bits per heavy atom. The van der Waals surface area contributed by atoms with Crippen molar-refractivity contribution in [1.29, 1.82) is 0 Å². The molecule has 0 radical (unpaired) electrons. The van der Waals surface area contributed by atoms with Crippen molar-refractivity contribution in [3.8, 4) is 0 Å². The van der Waals surface area contributed by atoms with Gasteiger partial charge in [-0.15, -0.1) is 0 Å². The molecule has 0 spiro atoms. The Kier molecular flexibility index (Phi) is 17.4. The Labute approximate surface area is 185 Å². The van der Waals surface area contributed by atoms with Crippen LogP contribution in [0.5, 0.6) is 0 Å². The summed E-state index contributed by atoms with van der Waals surface area (Å²) in [6, 6.07) is 7.88. The number of benzene rings is 1. The van der Waals surface area contributed by atoms with Crippen LogP contribution in [0.4, 0.5) is 0 Å². The van der Waals surface area contributed by atoms with Crippen LogP contribution in [-0.2, 0) is 11.2 Å². The third-order valence-electron chi connectivity index (χ3n) is 5.84. The standard InChI is InChI=1S/C27H46O3/c1-2-30-27(29)26-22-20-25(21-23-26)19-17-15-13-11-9-7-5-3-4-6-8-10-12-14-16-18-24-28/h20-23,28H,2-19,24H2,1H3. The minimum Gasteiger partial charge on any atom is -0.462 e. The van der Waals surface area contributed by atoms with E-state index in [-0.39, 0.29) is 5.97 Å². The van der Waals surface area contributed by atoms with Crippen molar-refractivity contribution in [1.82, 2.24) is 0 Å². The van der Waals surface area contributed by atoms with Crippen molar-refractivity contribution in [2.24, 2.45) is 0 Å². The van der Waals surface area contributed by atoms with Crippen LogP contribution in [0.25, 0.3) is 0 Å². The van der Waals surface area contributed by atoms with Crippen LogP contribution in [0, 0.1) is 0 Å². The van der Waals surface area contributed by atoms with Gasteiger partial charge in [-0.05, 0) is 43.9 Å². The summed E-state index contributed by atoms with van der Waals surface area (Å²) in [7, 11) is 0. The summed E-state index contributed by atoms with van der Waals surface area (Å²) in [5, 5.41) is 8.75. The van der Waals surface area contributed by atoms with Crippen LogP contribution in [-0.4, -0.2) is 24.3 Å². The van der Waals surface area contributed by atoms with Crippen molar-refractivity contribution in [2.45, 2.75) is 116 Å². The molecule has 3 nitrogen and oxygen atoms in total. The summed E-state index contributed by atoms with van der Waals surface area (Å²) in [6.07, 6.45) is 22.4. The molecule has 1 N–H and O–H groups in total. The number of rotatable bonds is 20. The molecule has 0 bridgehead atoms. The number of hydrogen-bond donors (Lipinski definition) is 1. The first-order chi connectivity index (χ1) is 14.8. The fourth-order valence-corrected chi connectivity index (χ4v) is 3.94. The zero-order chi connectivity index (χ0) is 21.7. The Balaban J connectivity index is 1.84. The number of esters is 1. The average Bonchev–Trinajstić information content (AvgIpc) is 2.76. The van der Waals surface area contributed by atoms with Gasteiger partial charge >= 0.3 is 5.97 Å². The third kappa shape index (κ3) is 14.6.